The molecule has 28 heavy (non-hydrogen) atoms. The predicted octanol–water partition coefficient (Wildman–Crippen LogP) is 3.75. The van der Waals surface area contributed by atoms with Crippen molar-refractivity contribution in [1.29, 1.82) is 0 Å². The summed E-state index contributed by atoms with van der Waals surface area (Å²) in [7, 11) is 0. The number of rotatable bonds is 5. The van der Waals surface area contributed by atoms with Gasteiger partial charge in [0.05, 0.1) is 22.9 Å². The van der Waals surface area contributed by atoms with Crippen LogP contribution in [0.15, 0.2) is 54.0 Å². The van der Waals surface area contributed by atoms with Crippen LogP contribution in [0.1, 0.15) is 28.9 Å². The molecule has 0 spiro atoms. The van der Waals surface area contributed by atoms with Crippen LogP contribution < -0.4 is 5.32 Å². The zero-order chi connectivity index (χ0) is 19.7. The van der Waals surface area contributed by atoms with Crippen LogP contribution in [0.2, 0.25) is 5.02 Å². The van der Waals surface area contributed by atoms with Crippen LogP contribution in [0.4, 0.5) is 4.79 Å². The minimum atomic E-state index is -1.17. The van der Waals surface area contributed by atoms with Crippen molar-refractivity contribution in [2.45, 2.75) is 25.4 Å². The maximum atomic E-state index is 12.9. The third-order valence-corrected chi connectivity index (χ3v) is 5.79. The van der Waals surface area contributed by atoms with Crippen molar-refractivity contribution in [3.05, 3.63) is 81.0 Å². The second-order valence-electron chi connectivity index (χ2n) is 6.70. The van der Waals surface area contributed by atoms with Gasteiger partial charge in [-0.05, 0) is 36.8 Å². The Morgan fingerprint density at radius 2 is 1.96 bits per heavy atom. The lowest BCUT2D eigenvalue weighted by atomic mass is 9.97. The highest BCUT2D eigenvalue weighted by atomic mass is 35.5. The van der Waals surface area contributed by atoms with Crippen molar-refractivity contribution < 1.29 is 9.59 Å². The fraction of sp³-hybridized carbons (Fsp3) is 0.200. The van der Waals surface area contributed by atoms with E-state index >= 15 is 0 Å². The van der Waals surface area contributed by atoms with Gasteiger partial charge in [-0.15, -0.1) is 11.3 Å². The summed E-state index contributed by atoms with van der Waals surface area (Å²) in [5.41, 5.74) is 1.13. The predicted molar refractivity (Wildman–Crippen MR) is 107 cm³/mol. The first-order valence-electron chi connectivity index (χ1n) is 8.69. The Labute approximate surface area is 171 Å². The molecule has 8 heteroatoms. The topological polar surface area (TPSA) is 75.2 Å². The van der Waals surface area contributed by atoms with Crippen molar-refractivity contribution in [3.63, 3.8) is 0 Å². The maximum Gasteiger partial charge on any atom is 0.325 e. The minimum Gasteiger partial charge on any atom is -0.318 e. The van der Waals surface area contributed by atoms with Crippen molar-refractivity contribution in [2.24, 2.45) is 0 Å². The van der Waals surface area contributed by atoms with E-state index in [0.717, 1.165) is 10.6 Å². The molecule has 1 aliphatic heterocycles. The van der Waals surface area contributed by atoms with E-state index in [1.54, 1.807) is 31.3 Å². The van der Waals surface area contributed by atoms with E-state index in [-0.39, 0.29) is 12.5 Å². The Bertz CT molecular complexity index is 1020. The fourth-order valence-corrected chi connectivity index (χ4v) is 4.06. The molecule has 0 bridgehead atoms. The van der Waals surface area contributed by atoms with Crippen molar-refractivity contribution in [1.82, 2.24) is 20.2 Å². The number of amides is 3. The number of carbonyl (C=O) groups excluding carboxylic acids is 2. The van der Waals surface area contributed by atoms with Gasteiger partial charge in [-0.3, -0.25) is 14.7 Å². The van der Waals surface area contributed by atoms with Crippen molar-refractivity contribution in [2.75, 3.05) is 0 Å². The molecular formula is C20H17ClN4O2S. The molecular weight excluding hydrogens is 396 g/mol. The van der Waals surface area contributed by atoms with Gasteiger partial charge < -0.3 is 5.32 Å². The smallest absolute Gasteiger partial charge is 0.318 e. The van der Waals surface area contributed by atoms with E-state index in [2.05, 4.69) is 15.3 Å². The molecule has 142 valence electrons. The van der Waals surface area contributed by atoms with Gasteiger partial charge in [-0.2, -0.15) is 0 Å². The molecule has 3 aromatic rings. The number of halogens is 1. The molecule has 3 heterocycles. The summed E-state index contributed by atoms with van der Waals surface area (Å²) >= 11 is 7.42. The number of thiazole rings is 1. The van der Waals surface area contributed by atoms with E-state index in [1.807, 2.05) is 29.6 Å². The molecule has 1 aromatic carbocycles. The molecule has 4 rings (SSSR count). The minimum absolute atomic E-state index is 0.129. The van der Waals surface area contributed by atoms with Gasteiger partial charge in [0.2, 0.25) is 0 Å². The number of nitrogens with one attached hydrogen (secondary N) is 1. The van der Waals surface area contributed by atoms with Crippen LogP contribution in [0.25, 0.3) is 0 Å². The molecule has 0 aliphatic carbocycles. The molecule has 2 aromatic heterocycles. The number of hydrogen-bond acceptors (Lipinski definition) is 5. The van der Waals surface area contributed by atoms with Gasteiger partial charge in [0.1, 0.15) is 0 Å². The molecule has 0 radical (unpaired) electrons. The second kappa shape index (κ2) is 7.33. The lowest BCUT2D eigenvalue weighted by Gasteiger charge is -2.20. The average molecular weight is 413 g/mol. The van der Waals surface area contributed by atoms with Gasteiger partial charge in [-0.25, -0.2) is 9.78 Å². The number of carbonyl (C=O) groups is 2. The van der Waals surface area contributed by atoms with E-state index < -0.39 is 11.6 Å². The SMILES string of the molecule is CC1(c2ccccn2)NC(=O)N(Cc2csc(Cc3ccc(Cl)cc3)n2)C1=O. The highest BCUT2D eigenvalue weighted by Gasteiger charge is 2.50. The summed E-state index contributed by atoms with van der Waals surface area (Å²) in [6.07, 6.45) is 2.28. The van der Waals surface area contributed by atoms with E-state index in [1.165, 1.54) is 16.2 Å². The Morgan fingerprint density at radius 1 is 1.18 bits per heavy atom. The molecule has 3 amide bonds. The number of hydrogen-bond donors (Lipinski definition) is 1. The first-order chi connectivity index (χ1) is 13.5. The normalized spacial score (nSPS) is 19.1. The van der Waals surface area contributed by atoms with Crippen molar-refractivity contribution in [3.8, 4) is 0 Å². The van der Waals surface area contributed by atoms with Crippen molar-refractivity contribution >= 4 is 34.9 Å². The van der Waals surface area contributed by atoms with Crippen LogP contribution in [-0.2, 0) is 23.3 Å². The number of pyridine rings is 1. The Hall–Kier alpha value is -2.77. The zero-order valence-corrected chi connectivity index (χ0v) is 16.6. The number of imide groups is 1. The zero-order valence-electron chi connectivity index (χ0n) is 15.1. The molecule has 1 unspecified atom stereocenters. The summed E-state index contributed by atoms with van der Waals surface area (Å²) in [5.74, 6) is -0.330. The Kier molecular flexibility index (Phi) is 4.87. The fourth-order valence-electron chi connectivity index (χ4n) is 3.11. The average Bonchev–Trinajstić information content (AvgIpc) is 3.23. The second-order valence-corrected chi connectivity index (χ2v) is 8.08. The quantitative estimate of drug-likeness (QED) is 0.647. The highest BCUT2D eigenvalue weighted by Crippen LogP contribution is 2.28. The first kappa shape index (κ1) is 18.6. The van der Waals surface area contributed by atoms with Crippen LogP contribution in [0.5, 0.6) is 0 Å². The summed E-state index contributed by atoms with van der Waals surface area (Å²) in [4.78, 5) is 35.4. The molecule has 0 saturated carbocycles. The molecule has 6 nitrogen and oxygen atoms in total. The lowest BCUT2D eigenvalue weighted by molar-refractivity contribution is -0.131. The van der Waals surface area contributed by atoms with E-state index in [9.17, 15) is 9.59 Å². The molecule has 1 N–H and O–H groups in total. The molecule has 1 aliphatic rings. The van der Waals surface area contributed by atoms with Gasteiger partial charge in [0.15, 0.2) is 5.54 Å². The summed E-state index contributed by atoms with van der Waals surface area (Å²) in [5, 5.41) is 6.24. The highest BCUT2D eigenvalue weighted by molar-refractivity contribution is 7.09. The van der Waals surface area contributed by atoms with E-state index in [4.69, 9.17) is 11.6 Å². The Morgan fingerprint density at radius 3 is 2.68 bits per heavy atom. The third kappa shape index (κ3) is 3.50. The van der Waals surface area contributed by atoms with Gasteiger partial charge in [0.25, 0.3) is 5.91 Å². The van der Waals surface area contributed by atoms with Crippen LogP contribution in [0, 0.1) is 0 Å². The lowest BCUT2D eigenvalue weighted by Crippen LogP contribution is -2.41. The van der Waals surface area contributed by atoms with Gasteiger partial charge in [-0.1, -0.05) is 29.8 Å². The van der Waals surface area contributed by atoms with Crippen LogP contribution >= 0.6 is 22.9 Å². The molecule has 1 saturated heterocycles. The maximum absolute atomic E-state index is 12.9. The number of aromatic nitrogens is 2. The third-order valence-electron chi connectivity index (χ3n) is 4.64. The van der Waals surface area contributed by atoms with E-state index in [0.29, 0.717) is 22.8 Å². The standard InChI is InChI=1S/C20H17ClN4O2S/c1-20(16-4-2-3-9-22-16)18(26)25(19(27)24-20)11-15-12-28-17(23-15)10-13-5-7-14(21)8-6-13/h2-9,12H,10-11H2,1H3,(H,24,27). The monoisotopic (exact) mass is 412 g/mol. The molecule has 1 fully saturated rings. The van der Waals surface area contributed by atoms with Crippen LogP contribution in [0.3, 0.4) is 0 Å². The number of benzene rings is 1. The number of nitrogens with zero attached hydrogens (tertiary/aromatic N) is 3. The Balaban J connectivity index is 1.49. The van der Waals surface area contributed by atoms with Gasteiger partial charge in [0, 0.05) is 23.0 Å². The molecule has 1 atom stereocenters. The summed E-state index contributed by atoms with van der Waals surface area (Å²) < 4.78 is 0. The first-order valence-corrected chi connectivity index (χ1v) is 9.95. The largest absolute Gasteiger partial charge is 0.325 e. The number of urea groups is 1. The summed E-state index contributed by atoms with van der Waals surface area (Å²) in [6.45, 7) is 1.80. The van der Waals surface area contributed by atoms with Crippen LogP contribution in [-0.4, -0.2) is 26.8 Å². The van der Waals surface area contributed by atoms with Gasteiger partial charge >= 0.3 is 6.03 Å². The summed E-state index contributed by atoms with van der Waals surface area (Å²) in [6, 6.07) is 12.5.